The predicted molar refractivity (Wildman–Crippen MR) is 115 cm³/mol. The lowest BCUT2D eigenvalue weighted by Gasteiger charge is -2.12. The molecule has 0 aliphatic heterocycles. The lowest BCUT2D eigenvalue weighted by Crippen LogP contribution is -2.25. The minimum atomic E-state index is -0.0518. The van der Waals surface area contributed by atoms with E-state index in [1.54, 1.807) is 18.0 Å². The number of nitrogens with zero attached hydrogens (tertiary/aromatic N) is 5. The van der Waals surface area contributed by atoms with Crippen molar-refractivity contribution in [1.82, 2.24) is 29.9 Å². The van der Waals surface area contributed by atoms with Crippen LogP contribution in [0.25, 0.3) is 0 Å². The van der Waals surface area contributed by atoms with Gasteiger partial charge in [-0.2, -0.15) is 5.10 Å². The van der Waals surface area contributed by atoms with E-state index in [0.717, 1.165) is 35.9 Å². The third-order valence-electron chi connectivity index (χ3n) is 4.51. The second-order valence-electron chi connectivity index (χ2n) is 7.37. The summed E-state index contributed by atoms with van der Waals surface area (Å²) in [6.07, 6.45) is 7.32. The zero-order valence-electron chi connectivity index (χ0n) is 17.2. The highest BCUT2D eigenvalue weighted by atomic mass is 32.2. The molecule has 1 N–H and O–H groups in total. The van der Waals surface area contributed by atoms with Gasteiger partial charge in [-0.15, -0.1) is 10.2 Å². The largest absolute Gasteiger partial charge is 0.352 e. The van der Waals surface area contributed by atoms with Gasteiger partial charge in [-0.25, -0.2) is 0 Å². The lowest BCUT2D eigenvalue weighted by molar-refractivity contribution is 0.0953. The van der Waals surface area contributed by atoms with Crippen molar-refractivity contribution in [2.75, 3.05) is 12.8 Å². The summed E-state index contributed by atoms with van der Waals surface area (Å²) in [6.45, 7) is 6.60. The third-order valence-corrected chi connectivity index (χ3v) is 5.17. The summed E-state index contributed by atoms with van der Waals surface area (Å²) in [5.74, 6) is 1.47. The Morgan fingerprint density at radius 2 is 2.00 bits per heavy atom. The van der Waals surface area contributed by atoms with Crippen LogP contribution in [0.5, 0.6) is 0 Å². The molecule has 0 aliphatic rings. The molecule has 0 unspecified atom stereocenters. The number of aromatic nitrogens is 5. The average molecular weight is 413 g/mol. The van der Waals surface area contributed by atoms with Gasteiger partial charge >= 0.3 is 0 Å². The molecule has 0 spiro atoms. The van der Waals surface area contributed by atoms with Gasteiger partial charge in [0, 0.05) is 37.5 Å². The number of carbonyl (C=O) groups is 1. The maximum Gasteiger partial charge on any atom is 0.251 e. The van der Waals surface area contributed by atoms with E-state index in [-0.39, 0.29) is 5.91 Å². The maximum atomic E-state index is 12.4. The Bertz CT molecular complexity index is 902. The van der Waals surface area contributed by atoms with Crippen LogP contribution in [0.2, 0.25) is 0 Å². The Morgan fingerprint density at radius 1 is 1.21 bits per heavy atom. The van der Waals surface area contributed by atoms with Gasteiger partial charge in [0.2, 0.25) is 0 Å². The molecule has 1 amide bonds. The average Bonchev–Trinajstić information content (AvgIpc) is 3.35. The van der Waals surface area contributed by atoms with Crippen LogP contribution in [0.3, 0.4) is 0 Å². The molecule has 8 heteroatoms. The predicted octanol–water partition coefficient (Wildman–Crippen LogP) is 3.26. The zero-order valence-corrected chi connectivity index (χ0v) is 18.0. The summed E-state index contributed by atoms with van der Waals surface area (Å²) in [4.78, 5) is 12.4. The molecule has 2 heterocycles. The fraction of sp³-hybridized carbons (Fsp3) is 0.429. The SMILES string of the molecule is CSc1nnc(CCCNC(=O)c2ccc(Cn3cccn3)cc2)n1CC(C)C. The van der Waals surface area contributed by atoms with Gasteiger partial charge in [-0.3, -0.25) is 9.48 Å². The molecule has 29 heavy (non-hydrogen) atoms. The molecule has 1 aromatic carbocycles. The van der Waals surface area contributed by atoms with Crippen LogP contribution in [0.1, 0.15) is 42.0 Å². The number of thioether (sulfide) groups is 1. The summed E-state index contributed by atoms with van der Waals surface area (Å²) in [7, 11) is 0. The summed E-state index contributed by atoms with van der Waals surface area (Å²) >= 11 is 1.62. The van der Waals surface area contributed by atoms with E-state index < -0.39 is 0 Å². The minimum absolute atomic E-state index is 0.0518. The van der Waals surface area contributed by atoms with E-state index in [1.165, 1.54) is 0 Å². The van der Waals surface area contributed by atoms with Crippen LogP contribution in [0.15, 0.2) is 47.9 Å². The van der Waals surface area contributed by atoms with Gasteiger partial charge in [0.15, 0.2) is 5.16 Å². The Kier molecular flexibility index (Phi) is 7.46. The van der Waals surface area contributed by atoms with Gasteiger partial charge in [0.1, 0.15) is 5.82 Å². The molecular formula is C21H28N6OS. The number of rotatable bonds is 10. The van der Waals surface area contributed by atoms with Crippen molar-refractivity contribution in [3.63, 3.8) is 0 Å². The molecule has 7 nitrogen and oxygen atoms in total. The van der Waals surface area contributed by atoms with Crippen LogP contribution < -0.4 is 5.32 Å². The van der Waals surface area contributed by atoms with Gasteiger partial charge < -0.3 is 9.88 Å². The zero-order chi connectivity index (χ0) is 20.6. The summed E-state index contributed by atoms with van der Waals surface area (Å²) in [5, 5.41) is 16.7. The van der Waals surface area contributed by atoms with E-state index in [2.05, 4.69) is 39.0 Å². The molecule has 3 rings (SSSR count). The van der Waals surface area contributed by atoms with Crippen LogP contribution in [0.4, 0.5) is 0 Å². The van der Waals surface area contributed by atoms with Crippen molar-refractivity contribution < 1.29 is 4.79 Å². The maximum absolute atomic E-state index is 12.4. The Morgan fingerprint density at radius 3 is 2.66 bits per heavy atom. The standard InChI is InChI=1S/C21H28N6OS/c1-16(2)14-27-19(24-25-21(27)29-3)6-4-11-22-20(28)18-9-7-17(8-10-18)15-26-13-5-12-23-26/h5,7-10,12-13,16H,4,6,11,14-15H2,1-3H3,(H,22,28). The molecule has 0 fully saturated rings. The topological polar surface area (TPSA) is 77.6 Å². The van der Waals surface area contributed by atoms with Crippen molar-refractivity contribution >= 4 is 17.7 Å². The number of hydrogen-bond acceptors (Lipinski definition) is 5. The van der Waals surface area contributed by atoms with Crippen molar-refractivity contribution in [3.05, 3.63) is 59.7 Å². The quantitative estimate of drug-likeness (QED) is 0.408. The second kappa shape index (κ2) is 10.2. The number of hydrogen-bond donors (Lipinski definition) is 1. The van der Waals surface area contributed by atoms with Gasteiger partial charge in [-0.1, -0.05) is 37.7 Å². The normalized spacial score (nSPS) is 11.2. The van der Waals surface area contributed by atoms with E-state index >= 15 is 0 Å². The highest BCUT2D eigenvalue weighted by Crippen LogP contribution is 2.16. The van der Waals surface area contributed by atoms with E-state index in [0.29, 0.717) is 24.6 Å². The summed E-state index contributed by atoms with van der Waals surface area (Å²) in [5.41, 5.74) is 1.78. The van der Waals surface area contributed by atoms with Crippen molar-refractivity contribution in [3.8, 4) is 0 Å². The first-order chi connectivity index (χ1) is 14.1. The fourth-order valence-electron chi connectivity index (χ4n) is 3.10. The van der Waals surface area contributed by atoms with Crippen LogP contribution >= 0.6 is 11.8 Å². The number of benzene rings is 1. The third kappa shape index (κ3) is 5.93. The van der Waals surface area contributed by atoms with Crippen LogP contribution in [-0.4, -0.2) is 43.3 Å². The lowest BCUT2D eigenvalue weighted by atomic mass is 10.1. The molecule has 0 saturated heterocycles. The minimum Gasteiger partial charge on any atom is -0.352 e. The van der Waals surface area contributed by atoms with Crippen molar-refractivity contribution in [1.29, 1.82) is 0 Å². The van der Waals surface area contributed by atoms with Crippen molar-refractivity contribution in [2.24, 2.45) is 5.92 Å². The Hall–Kier alpha value is -2.61. The highest BCUT2D eigenvalue weighted by Gasteiger charge is 2.12. The molecule has 0 saturated carbocycles. The molecule has 154 valence electrons. The Labute approximate surface area is 175 Å². The monoisotopic (exact) mass is 412 g/mol. The van der Waals surface area contributed by atoms with Crippen LogP contribution in [0, 0.1) is 5.92 Å². The first kappa shape index (κ1) is 21.1. The van der Waals surface area contributed by atoms with E-state index in [1.807, 2.05) is 47.5 Å². The molecule has 0 atom stereocenters. The number of carbonyl (C=O) groups excluding carboxylic acids is 1. The van der Waals surface area contributed by atoms with E-state index in [4.69, 9.17) is 0 Å². The fourth-order valence-corrected chi connectivity index (χ4v) is 3.62. The Balaban J connectivity index is 1.47. The molecule has 0 bridgehead atoms. The molecular weight excluding hydrogens is 384 g/mol. The summed E-state index contributed by atoms with van der Waals surface area (Å²) in [6, 6.07) is 9.55. The van der Waals surface area contributed by atoms with Crippen molar-refractivity contribution in [2.45, 2.75) is 44.9 Å². The van der Waals surface area contributed by atoms with Gasteiger partial charge in [-0.05, 0) is 42.4 Å². The van der Waals surface area contributed by atoms with E-state index in [9.17, 15) is 4.79 Å². The second-order valence-corrected chi connectivity index (χ2v) is 8.14. The first-order valence-corrected chi connectivity index (χ1v) is 11.1. The number of aryl methyl sites for hydroxylation is 1. The van der Waals surface area contributed by atoms with Gasteiger partial charge in [0.05, 0.1) is 6.54 Å². The number of amides is 1. The first-order valence-electron chi connectivity index (χ1n) is 9.87. The molecule has 3 aromatic rings. The number of nitrogens with one attached hydrogen (secondary N) is 1. The molecule has 0 radical (unpaired) electrons. The van der Waals surface area contributed by atoms with Crippen LogP contribution in [-0.2, 0) is 19.5 Å². The summed E-state index contributed by atoms with van der Waals surface area (Å²) < 4.78 is 4.05. The molecule has 2 aromatic heterocycles. The van der Waals surface area contributed by atoms with Gasteiger partial charge in [0.25, 0.3) is 5.91 Å². The highest BCUT2D eigenvalue weighted by molar-refractivity contribution is 7.98. The molecule has 0 aliphatic carbocycles. The smallest absolute Gasteiger partial charge is 0.251 e.